The number of ether oxygens (including phenoxy) is 1. The number of carboxylic acids is 1. The van der Waals surface area contributed by atoms with Gasteiger partial charge in [-0.2, -0.15) is 0 Å². The molecule has 1 atom stereocenters. The van der Waals surface area contributed by atoms with Gasteiger partial charge < -0.3 is 14.9 Å². The second-order valence-corrected chi connectivity index (χ2v) is 5.87. The van der Waals surface area contributed by atoms with Crippen LogP contribution in [0.25, 0.3) is 0 Å². The van der Waals surface area contributed by atoms with Crippen molar-refractivity contribution in [3.05, 3.63) is 0 Å². The monoisotopic (exact) mass is 267 g/mol. The first kappa shape index (κ1) is 14.4. The minimum absolute atomic E-state index is 0.141. The van der Waals surface area contributed by atoms with Crippen LogP contribution in [0, 0.1) is 0 Å². The molecule has 8 heteroatoms. The van der Waals surface area contributed by atoms with E-state index in [0.717, 1.165) is 0 Å². The molecule has 1 rings (SSSR count). The Balaban J connectivity index is 2.65. The third kappa shape index (κ3) is 4.23. The zero-order valence-corrected chi connectivity index (χ0v) is 10.1. The van der Waals surface area contributed by atoms with Crippen molar-refractivity contribution in [3.8, 4) is 0 Å². The Kier molecular flexibility index (Phi) is 5.31. The van der Waals surface area contributed by atoms with E-state index < -0.39 is 27.3 Å². The topological polar surface area (TPSA) is 113 Å². The summed E-state index contributed by atoms with van der Waals surface area (Å²) in [6.45, 7) is 0.347. The van der Waals surface area contributed by atoms with E-state index in [1.807, 2.05) is 0 Å². The first-order valence-corrected chi connectivity index (χ1v) is 6.94. The molecule has 17 heavy (non-hydrogen) atoms. The number of sulfonamides is 1. The van der Waals surface area contributed by atoms with Gasteiger partial charge in [0.15, 0.2) is 0 Å². The highest BCUT2D eigenvalue weighted by molar-refractivity contribution is 7.90. The quantitative estimate of drug-likeness (QED) is 0.564. The molecule has 0 aromatic rings. The van der Waals surface area contributed by atoms with Crippen LogP contribution in [0.15, 0.2) is 0 Å². The average molecular weight is 267 g/mol. The molecule has 0 aliphatic carbocycles. The average Bonchev–Trinajstić information content (AvgIpc) is 2.29. The van der Waals surface area contributed by atoms with E-state index in [1.165, 1.54) is 0 Å². The third-order valence-electron chi connectivity index (χ3n) is 2.63. The van der Waals surface area contributed by atoms with Gasteiger partial charge in [-0.25, -0.2) is 13.1 Å². The number of rotatable bonds is 6. The molecule has 0 saturated carbocycles. The van der Waals surface area contributed by atoms with E-state index >= 15 is 0 Å². The predicted octanol–water partition coefficient (Wildman–Crippen LogP) is -1.08. The summed E-state index contributed by atoms with van der Waals surface area (Å²) < 4.78 is 30.9. The fourth-order valence-corrected chi connectivity index (χ4v) is 3.26. The van der Waals surface area contributed by atoms with Gasteiger partial charge >= 0.3 is 5.97 Å². The first-order valence-electron chi connectivity index (χ1n) is 5.40. The molecule has 1 unspecified atom stereocenters. The Morgan fingerprint density at radius 1 is 1.41 bits per heavy atom. The number of aliphatic carboxylic acids is 1. The van der Waals surface area contributed by atoms with Crippen LogP contribution in [-0.4, -0.2) is 55.7 Å². The first-order chi connectivity index (χ1) is 7.97. The Labute approximate surface area is 99.8 Å². The summed E-state index contributed by atoms with van der Waals surface area (Å²) in [6.07, 6.45) is 0.583. The largest absolute Gasteiger partial charge is 0.480 e. The van der Waals surface area contributed by atoms with Gasteiger partial charge in [0.25, 0.3) is 0 Å². The van der Waals surface area contributed by atoms with Gasteiger partial charge in [0, 0.05) is 19.8 Å². The van der Waals surface area contributed by atoms with Crippen molar-refractivity contribution < 1.29 is 28.2 Å². The van der Waals surface area contributed by atoms with Crippen molar-refractivity contribution >= 4 is 16.0 Å². The Morgan fingerprint density at radius 3 is 2.47 bits per heavy atom. The summed E-state index contributed by atoms with van der Waals surface area (Å²) in [6, 6.07) is -1.27. The van der Waals surface area contributed by atoms with Crippen LogP contribution in [0.2, 0.25) is 0 Å². The Bertz CT molecular complexity index is 348. The summed E-state index contributed by atoms with van der Waals surface area (Å²) >= 11 is 0. The Hall–Kier alpha value is -0.700. The number of carbonyl (C=O) groups is 1. The number of carboxylic acid groups (broad SMARTS) is 1. The van der Waals surface area contributed by atoms with E-state index in [1.54, 1.807) is 0 Å². The van der Waals surface area contributed by atoms with Crippen molar-refractivity contribution in [1.82, 2.24) is 4.72 Å². The van der Waals surface area contributed by atoms with Crippen molar-refractivity contribution in [2.45, 2.75) is 30.6 Å². The van der Waals surface area contributed by atoms with Gasteiger partial charge in [-0.3, -0.25) is 4.79 Å². The number of aliphatic hydroxyl groups is 1. The van der Waals surface area contributed by atoms with Gasteiger partial charge in [0.05, 0.1) is 5.25 Å². The lowest BCUT2D eigenvalue weighted by atomic mass is 10.2. The van der Waals surface area contributed by atoms with Gasteiger partial charge in [0.2, 0.25) is 10.0 Å². The summed E-state index contributed by atoms with van der Waals surface area (Å²) in [4.78, 5) is 10.8. The lowest BCUT2D eigenvalue weighted by Crippen LogP contribution is -2.46. The zero-order valence-electron chi connectivity index (χ0n) is 9.33. The maximum Gasteiger partial charge on any atom is 0.321 e. The Morgan fingerprint density at radius 2 is 2.00 bits per heavy atom. The zero-order chi connectivity index (χ0) is 12.9. The van der Waals surface area contributed by atoms with Crippen molar-refractivity contribution in [2.24, 2.45) is 0 Å². The number of hydrogen-bond acceptors (Lipinski definition) is 5. The summed E-state index contributed by atoms with van der Waals surface area (Å²) in [5.74, 6) is -1.28. The molecule has 100 valence electrons. The second kappa shape index (κ2) is 6.29. The molecule has 1 saturated heterocycles. The maximum absolute atomic E-state index is 11.9. The smallest absolute Gasteiger partial charge is 0.321 e. The lowest BCUT2D eigenvalue weighted by molar-refractivity contribution is -0.139. The van der Waals surface area contributed by atoms with E-state index in [4.69, 9.17) is 14.9 Å². The molecule has 7 nitrogen and oxygen atoms in total. The van der Waals surface area contributed by atoms with Crippen molar-refractivity contribution in [1.29, 1.82) is 0 Å². The van der Waals surface area contributed by atoms with Gasteiger partial charge in [-0.05, 0) is 19.3 Å². The van der Waals surface area contributed by atoms with E-state index in [0.29, 0.717) is 26.1 Å². The van der Waals surface area contributed by atoms with Gasteiger partial charge in [-0.15, -0.1) is 0 Å². The summed E-state index contributed by atoms with van der Waals surface area (Å²) in [7, 11) is -3.67. The molecule has 0 bridgehead atoms. The van der Waals surface area contributed by atoms with Gasteiger partial charge in [-0.1, -0.05) is 0 Å². The van der Waals surface area contributed by atoms with Crippen LogP contribution in [-0.2, 0) is 19.6 Å². The molecule has 0 spiro atoms. The third-order valence-corrected chi connectivity index (χ3v) is 4.59. The fraction of sp³-hybridized carbons (Fsp3) is 0.889. The minimum atomic E-state index is -3.67. The molecule has 1 heterocycles. The molecule has 3 N–H and O–H groups in total. The van der Waals surface area contributed by atoms with Crippen LogP contribution in [0.4, 0.5) is 0 Å². The maximum atomic E-state index is 11.9. The van der Waals surface area contributed by atoms with Crippen LogP contribution in [0.1, 0.15) is 19.3 Å². The van der Waals surface area contributed by atoms with Crippen LogP contribution < -0.4 is 4.72 Å². The highest BCUT2D eigenvalue weighted by Crippen LogP contribution is 2.15. The van der Waals surface area contributed by atoms with E-state index in [9.17, 15) is 13.2 Å². The van der Waals surface area contributed by atoms with Crippen molar-refractivity contribution in [2.75, 3.05) is 19.8 Å². The second-order valence-electron chi connectivity index (χ2n) is 3.88. The van der Waals surface area contributed by atoms with E-state index in [2.05, 4.69) is 4.72 Å². The molecule has 0 amide bonds. The highest BCUT2D eigenvalue weighted by atomic mass is 32.2. The normalized spacial score (nSPS) is 20.1. The minimum Gasteiger partial charge on any atom is -0.480 e. The number of nitrogens with one attached hydrogen (secondary N) is 1. The highest BCUT2D eigenvalue weighted by Gasteiger charge is 2.31. The van der Waals surface area contributed by atoms with Crippen LogP contribution >= 0.6 is 0 Å². The fourth-order valence-electron chi connectivity index (χ4n) is 1.64. The predicted molar refractivity (Wildman–Crippen MR) is 59.0 cm³/mol. The molecule has 0 aromatic heterocycles. The lowest BCUT2D eigenvalue weighted by Gasteiger charge is -2.24. The molecule has 0 aromatic carbocycles. The number of aliphatic hydroxyl groups excluding tert-OH is 1. The molecule has 1 aliphatic rings. The molecule has 1 aliphatic heterocycles. The van der Waals surface area contributed by atoms with Crippen molar-refractivity contribution in [3.63, 3.8) is 0 Å². The molecular weight excluding hydrogens is 250 g/mol. The summed E-state index contributed by atoms with van der Waals surface area (Å²) in [5.41, 5.74) is 0. The summed E-state index contributed by atoms with van der Waals surface area (Å²) in [5, 5.41) is 16.9. The van der Waals surface area contributed by atoms with E-state index in [-0.39, 0.29) is 13.0 Å². The van der Waals surface area contributed by atoms with Crippen LogP contribution in [0.5, 0.6) is 0 Å². The molecule has 0 radical (unpaired) electrons. The molecular formula is C9H17NO6S. The molecule has 1 fully saturated rings. The van der Waals surface area contributed by atoms with Crippen LogP contribution in [0.3, 0.4) is 0 Å². The van der Waals surface area contributed by atoms with Gasteiger partial charge in [0.1, 0.15) is 6.04 Å². The number of hydrogen-bond donors (Lipinski definition) is 3. The standard InChI is InChI=1S/C9H17NO6S/c11-4-1-8(9(12)13)10-17(14,15)7-2-5-16-6-3-7/h7-8,10-11H,1-6H2,(H,12,13). The SMILES string of the molecule is O=C(O)C(CCO)NS(=O)(=O)C1CCOCC1.